The molecule has 0 saturated carbocycles. The molecule has 2 fully saturated rings. The van der Waals surface area contributed by atoms with Crippen LogP contribution in [0.2, 0.25) is 0 Å². The average molecular weight is 673 g/mol. The van der Waals surface area contributed by atoms with Gasteiger partial charge in [0.2, 0.25) is 5.88 Å². The molecular formula is C35H40N6O6S. The van der Waals surface area contributed by atoms with Gasteiger partial charge >= 0.3 is 6.09 Å². The van der Waals surface area contributed by atoms with Crippen LogP contribution in [0.5, 0.6) is 5.88 Å². The summed E-state index contributed by atoms with van der Waals surface area (Å²) in [6.07, 6.45) is 3.98. The number of benzene rings is 2. The van der Waals surface area contributed by atoms with Gasteiger partial charge in [0.1, 0.15) is 0 Å². The van der Waals surface area contributed by atoms with Gasteiger partial charge in [-0.25, -0.2) is 18.2 Å². The van der Waals surface area contributed by atoms with Crippen LogP contribution in [0.1, 0.15) is 49.8 Å². The molecule has 1 aromatic heterocycles. The van der Waals surface area contributed by atoms with Gasteiger partial charge < -0.3 is 19.3 Å². The molecule has 0 bridgehead atoms. The number of fused-ring (bicyclic) bond motifs is 1. The number of likely N-dealkylation sites (tertiary alicyclic amines) is 1. The van der Waals surface area contributed by atoms with Gasteiger partial charge in [-0.2, -0.15) is 9.57 Å². The molecule has 2 aromatic carbocycles. The number of nitriles is 1. The highest BCUT2D eigenvalue weighted by atomic mass is 32.2. The van der Waals surface area contributed by atoms with Crippen molar-refractivity contribution in [1.29, 1.82) is 5.26 Å². The van der Waals surface area contributed by atoms with Gasteiger partial charge in [0, 0.05) is 44.0 Å². The van der Waals surface area contributed by atoms with Crippen molar-refractivity contribution in [2.45, 2.75) is 49.6 Å². The summed E-state index contributed by atoms with van der Waals surface area (Å²) in [5, 5.41) is 9.85. The molecule has 3 aliphatic heterocycles. The fourth-order valence-electron chi connectivity index (χ4n) is 6.98. The van der Waals surface area contributed by atoms with Crippen molar-refractivity contribution in [3.63, 3.8) is 0 Å². The van der Waals surface area contributed by atoms with E-state index in [2.05, 4.69) is 27.8 Å². The van der Waals surface area contributed by atoms with E-state index in [1.54, 1.807) is 36.1 Å². The van der Waals surface area contributed by atoms with Gasteiger partial charge in [0.15, 0.2) is 0 Å². The lowest BCUT2D eigenvalue weighted by atomic mass is 9.87. The number of carbonyl (C=O) groups is 2. The first kappa shape index (κ1) is 33.4. The number of hydrogen-bond donors (Lipinski definition) is 0. The topological polar surface area (TPSA) is 136 Å². The third-order valence-corrected chi connectivity index (χ3v) is 11.1. The molecule has 252 valence electrons. The van der Waals surface area contributed by atoms with Crippen molar-refractivity contribution in [3.05, 3.63) is 83.6 Å². The maximum Gasteiger partial charge on any atom is 0.411 e. The number of nitrogens with zero attached hydrogens (tertiary/aromatic N) is 6. The van der Waals surface area contributed by atoms with Gasteiger partial charge in [0.05, 0.1) is 34.4 Å². The Balaban J connectivity index is 1.37. The van der Waals surface area contributed by atoms with Crippen molar-refractivity contribution in [2.75, 3.05) is 56.7 Å². The largest absolute Gasteiger partial charge is 0.478 e. The zero-order valence-electron chi connectivity index (χ0n) is 27.2. The lowest BCUT2D eigenvalue weighted by Gasteiger charge is -2.43. The first-order chi connectivity index (χ1) is 23.2. The highest BCUT2D eigenvalue weighted by Crippen LogP contribution is 2.51. The van der Waals surface area contributed by atoms with Gasteiger partial charge in [-0.15, -0.1) is 0 Å². The molecule has 0 N–H and O–H groups in total. The highest BCUT2D eigenvalue weighted by Gasteiger charge is 2.61. The van der Waals surface area contributed by atoms with Crippen molar-refractivity contribution in [1.82, 2.24) is 19.7 Å². The minimum absolute atomic E-state index is 0.00709. The number of pyridine rings is 1. The third-order valence-electron chi connectivity index (χ3n) is 9.35. The first-order valence-corrected chi connectivity index (χ1v) is 17.9. The van der Waals surface area contributed by atoms with Crippen LogP contribution in [0.25, 0.3) is 0 Å². The van der Waals surface area contributed by atoms with Crippen molar-refractivity contribution >= 4 is 27.7 Å². The number of piperidine rings is 1. The smallest absolute Gasteiger partial charge is 0.411 e. The molecule has 13 heteroatoms. The van der Waals surface area contributed by atoms with Gasteiger partial charge in [-0.05, 0) is 88.3 Å². The minimum Gasteiger partial charge on any atom is -0.478 e. The quantitative estimate of drug-likeness (QED) is 0.329. The number of ether oxygens (including phenoxy) is 2. The fourth-order valence-corrected chi connectivity index (χ4v) is 8.46. The third kappa shape index (κ3) is 6.00. The molecule has 3 aliphatic rings. The number of aromatic nitrogens is 1. The Labute approximate surface area is 281 Å². The Hall–Kier alpha value is -4.51. The number of piperazine rings is 1. The van der Waals surface area contributed by atoms with Crippen LogP contribution in [0.4, 0.5) is 10.5 Å². The standard InChI is InChI=1S/C35H40N6O6S/c1-3-17-38-18-14-27(15-19-38)39-20-22-40(23-21-39)34(43)47-35(29-11-8-16-37-32(29)46-4-2)30-24-26(25-36)12-13-31(30)41(33(35)42)48(44,45)28-9-6-5-7-10-28/h5-13,16,24,27H,3-4,14-15,17-23H2,1-2H3. The molecule has 6 rings (SSSR count). The Morgan fingerprint density at radius 2 is 1.71 bits per heavy atom. The summed E-state index contributed by atoms with van der Waals surface area (Å²) in [6, 6.07) is 17.4. The van der Waals surface area contributed by atoms with E-state index in [0.717, 1.165) is 38.9 Å². The maximum atomic E-state index is 14.9. The second-order valence-electron chi connectivity index (χ2n) is 12.2. The van der Waals surface area contributed by atoms with E-state index in [-0.39, 0.29) is 39.8 Å². The van der Waals surface area contributed by atoms with Crippen LogP contribution in [0.3, 0.4) is 0 Å². The summed E-state index contributed by atoms with van der Waals surface area (Å²) < 4.78 is 41.1. The molecule has 48 heavy (non-hydrogen) atoms. The number of anilines is 1. The number of carbonyl (C=O) groups excluding carboxylic acids is 2. The molecule has 0 aliphatic carbocycles. The molecule has 12 nitrogen and oxygen atoms in total. The summed E-state index contributed by atoms with van der Waals surface area (Å²) in [7, 11) is -4.49. The maximum absolute atomic E-state index is 14.9. The molecule has 3 aromatic rings. The summed E-state index contributed by atoms with van der Waals surface area (Å²) >= 11 is 0. The van der Waals surface area contributed by atoms with Crippen LogP contribution >= 0.6 is 0 Å². The van der Waals surface area contributed by atoms with Crippen LogP contribution in [-0.4, -0.2) is 98.6 Å². The number of amides is 2. The van der Waals surface area contributed by atoms with E-state index in [9.17, 15) is 23.3 Å². The van der Waals surface area contributed by atoms with E-state index in [4.69, 9.17) is 9.47 Å². The van der Waals surface area contributed by atoms with E-state index in [1.807, 2.05) is 0 Å². The van der Waals surface area contributed by atoms with Crippen molar-refractivity contribution < 1.29 is 27.5 Å². The first-order valence-electron chi connectivity index (χ1n) is 16.5. The predicted molar refractivity (Wildman–Crippen MR) is 178 cm³/mol. The average Bonchev–Trinajstić information content (AvgIpc) is 3.37. The van der Waals surface area contributed by atoms with E-state index in [1.165, 1.54) is 42.6 Å². The van der Waals surface area contributed by atoms with Crippen LogP contribution in [-0.2, 0) is 25.2 Å². The van der Waals surface area contributed by atoms with Crippen LogP contribution in [0, 0.1) is 11.3 Å². The predicted octanol–water partition coefficient (Wildman–Crippen LogP) is 3.96. The Kier molecular flexibility index (Phi) is 9.68. The Bertz CT molecular complexity index is 1800. The fraction of sp³-hybridized carbons (Fsp3) is 0.429. The van der Waals surface area contributed by atoms with Crippen LogP contribution in [0.15, 0.2) is 71.8 Å². The SMILES string of the molecule is CCCN1CCC(N2CCN(C(=O)OC3(c4cccnc4OCC)C(=O)N(S(=O)(=O)c4ccccc4)c4ccc(C#N)cc43)CC2)CC1. The number of hydrogen-bond acceptors (Lipinski definition) is 10. The van der Waals surface area contributed by atoms with Gasteiger partial charge in [-0.1, -0.05) is 25.1 Å². The highest BCUT2D eigenvalue weighted by molar-refractivity contribution is 7.93. The molecule has 1 unspecified atom stereocenters. The molecule has 2 saturated heterocycles. The zero-order valence-corrected chi connectivity index (χ0v) is 28.1. The molecule has 0 radical (unpaired) electrons. The summed E-state index contributed by atoms with van der Waals surface area (Å²) in [5.74, 6) is -1.02. The van der Waals surface area contributed by atoms with E-state index in [0.29, 0.717) is 36.5 Å². The van der Waals surface area contributed by atoms with Crippen molar-refractivity contribution in [3.8, 4) is 11.9 Å². The second kappa shape index (κ2) is 13.9. The van der Waals surface area contributed by atoms with E-state index < -0.39 is 27.6 Å². The zero-order chi connectivity index (χ0) is 33.9. The minimum atomic E-state index is -4.49. The number of rotatable bonds is 9. The summed E-state index contributed by atoms with van der Waals surface area (Å²) in [4.78, 5) is 39.7. The molecule has 0 spiro atoms. The van der Waals surface area contributed by atoms with Crippen molar-refractivity contribution in [2.24, 2.45) is 0 Å². The Morgan fingerprint density at radius 1 is 0.979 bits per heavy atom. The monoisotopic (exact) mass is 672 g/mol. The lowest BCUT2D eigenvalue weighted by Crippen LogP contribution is -2.56. The van der Waals surface area contributed by atoms with Gasteiger partial charge in [-0.3, -0.25) is 9.69 Å². The normalized spacial score (nSPS) is 20.7. The molecule has 4 heterocycles. The second-order valence-corrected chi connectivity index (χ2v) is 14.0. The van der Waals surface area contributed by atoms with Gasteiger partial charge in [0.25, 0.3) is 21.5 Å². The number of sulfonamides is 1. The summed E-state index contributed by atoms with van der Waals surface area (Å²) in [5.41, 5.74) is -2.10. The molecule has 1 atom stereocenters. The van der Waals surface area contributed by atoms with E-state index >= 15 is 0 Å². The van der Waals surface area contributed by atoms with Crippen LogP contribution < -0.4 is 9.04 Å². The molecule has 2 amide bonds. The Morgan fingerprint density at radius 3 is 2.38 bits per heavy atom. The molecular weight excluding hydrogens is 632 g/mol. The lowest BCUT2D eigenvalue weighted by molar-refractivity contribution is -0.132. The summed E-state index contributed by atoms with van der Waals surface area (Å²) in [6.45, 7) is 9.40.